The molecule has 110 valence electrons. The van der Waals surface area contributed by atoms with E-state index < -0.39 is 0 Å². The van der Waals surface area contributed by atoms with E-state index in [2.05, 4.69) is 27.9 Å². The molecule has 0 saturated heterocycles. The van der Waals surface area contributed by atoms with Gasteiger partial charge in [-0.05, 0) is 52.9 Å². The van der Waals surface area contributed by atoms with E-state index in [4.69, 9.17) is 21.1 Å². The quantitative estimate of drug-likeness (QED) is 0.758. The molecule has 1 N–H and O–H groups in total. The van der Waals surface area contributed by atoms with Crippen molar-refractivity contribution < 1.29 is 14.3 Å². The number of hydrogen-bond acceptors (Lipinski definition) is 3. The summed E-state index contributed by atoms with van der Waals surface area (Å²) in [6.07, 6.45) is 0. The Kier molecular flexibility index (Phi) is 5.30. The summed E-state index contributed by atoms with van der Waals surface area (Å²) < 4.78 is 11.3. The van der Waals surface area contributed by atoms with Crippen LogP contribution < -0.4 is 14.8 Å². The van der Waals surface area contributed by atoms with Crippen molar-refractivity contribution in [1.29, 1.82) is 0 Å². The fourth-order valence-electron chi connectivity index (χ4n) is 1.78. The minimum absolute atomic E-state index is 0.272. The standard InChI is InChI=1S/C15H13ClINO3/c1-20-13-6-4-10(8-14(13)21-2)18-15(19)11-7-9(17)3-5-12(11)16/h3-8H,1-2H3,(H,18,19). The molecule has 0 aromatic heterocycles. The number of carbonyl (C=O) groups excluding carboxylic acids is 1. The third-order valence-corrected chi connectivity index (χ3v) is 3.82. The number of rotatable bonds is 4. The van der Waals surface area contributed by atoms with Gasteiger partial charge in [-0.1, -0.05) is 11.6 Å². The number of amides is 1. The zero-order valence-corrected chi connectivity index (χ0v) is 14.4. The van der Waals surface area contributed by atoms with Gasteiger partial charge in [0, 0.05) is 15.3 Å². The number of hydrogen-bond donors (Lipinski definition) is 1. The molecule has 0 saturated carbocycles. The van der Waals surface area contributed by atoms with Crippen molar-refractivity contribution in [2.45, 2.75) is 0 Å². The fourth-order valence-corrected chi connectivity index (χ4v) is 2.48. The molecule has 2 aromatic carbocycles. The van der Waals surface area contributed by atoms with Gasteiger partial charge in [-0.3, -0.25) is 4.79 Å². The van der Waals surface area contributed by atoms with Crippen LogP contribution in [0.25, 0.3) is 0 Å². The van der Waals surface area contributed by atoms with Crippen LogP contribution in [0.1, 0.15) is 10.4 Å². The summed E-state index contributed by atoms with van der Waals surface area (Å²) in [6.45, 7) is 0. The van der Waals surface area contributed by atoms with Gasteiger partial charge in [-0.25, -0.2) is 0 Å². The van der Waals surface area contributed by atoms with E-state index in [9.17, 15) is 4.79 Å². The van der Waals surface area contributed by atoms with Crippen LogP contribution in [-0.2, 0) is 0 Å². The van der Waals surface area contributed by atoms with Crippen LogP contribution >= 0.6 is 34.2 Å². The number of benzene rings is 2. The lowest BCUT2D eigenvalue weighted by atomic mass is 10.2. The molecule has 0 radical (unpaired) electrons. The highest BCUT2D eigenvalue weighted by Gasteiger charge is 2.12. The lowest BCUT2D eigenvalue weighted by Crippen LogP contribution is -2.12. The second-order valence-corrected chi connectivity index (χ2v) is 5.80. The average molecular weight is 418 g/mol. The molecule has 0 unspecified atom stereocenters. The molecule has 1 amide bonds. The summed E-state index contributed by atoms with van der Waals surface area (Å²) in [5, 5.41) is 3.20. The highest BCUT2D eigenvalue weighted by atomic mass is 127. The Bertz CT molecular complexity index is 676. The molecule has 0 bridgehead atoms. The van der Waals surface area contributed by atoms with Crippen molar-refractivity contribution in [3.8, 4) is 11.5 Å². The zero-order valence-electron chi connectivity index (χ0n) is 11.4. The topological polar surface area (TPSA) is 47.6 Å². The largest absolute Gasteiger partial charge is 0.493 e. The van der Waals surface area contributed by atoms with Gasteiger partial charge in [0.1, 0.15) is 0 Å². The molecule has 0 aliphatic rings. The van der Waals surface area contributed by atoms with Crippen LogP contribution in [0, 0.1) is 3.57 Å². The molecular weight excluding hydrogens is 405 g/mol. The first-order chi connectivity index (χ1) is 10.0. The van der Waals surface area contributed by atoms with Crippen molar-refractivity contribution >= 4 is 45.8 Å². The van der Waals surface area contributed by atoms with Gasteiger partial charge >= 0.3 is 0 Å². The van der Waals surface area contributed by atoms with E-state index >= 15 is 0 Å². The molecule has 2 rings (SSSR count). The van der Waals surface area contributed by atoms with Crippen molar-refractivity contribution in [1.82, 2.24) is 0 Å². The van der Waals surface area contributed by atoms with E-state index in [0.717, 1.165) is 3.57 Å². The molecule has 2 aromatic rings. The summed E-state index contributed by atoms with van der Waals surface area (Å²) in [7, 11) is 3.10. The molecular formula is C15H13ClINO3. The van der Waals surface area contributed by atoms with Gasteiger partial charge in [0.05, 0.1) is 24.8 Å². The second kappa shape index (κ2) is 7.00. The smallest absolute Gasteiger partial charge is 0.257 e. The number of methoxy groups -OCH3 is 2. The van der Waals surface area contributed by atoms with Crippen LogP contribution in [0.15, 0.2) is 36.4 Å². The summed E-state index contributed by atoms with van der Waals surface area (Å²) in [4.78, 5) is 12.3. The predicted octanol–water partition coefficient (Wildman–Crippen LogP) is 4.21. The van der Waals surface area contributed by atoms with Gasteiger partial charge in [-0.15, -0.1) is 0 Å². The van der Waals surface area contributed by atoms with Crippen LogP contribution in [0.3, 0.4) is 0 Å². The van der Waals surface area contributed by atoms with Crippen molar-refractivity contribution in [3.63, 3.8) is 0 Å². The summed E-state index contributed by atoms with van der Waals surface area (Å²) in [5.41, 5.74) is 1.03. The monoisotopic (exact) mass is 417 g/mol. The van der Waals surface area contributed by atoms with Crippen molar-refractivity contribution in [2.24, 2.45) is 0 Å². The molecule has 0 aliphatic heterocycles. The third-order valence-electron chi connectivity index (χ3n) is 2.81. The van der Waals surface area contributed by atoms with Gasteiger partial charge in [0.2, 0.25) is 0 Å². The van der Waals surface area contributed by atoms with Gasteiger partial charge < -0.3 is 14.8 Å². The SMILES string of the molecule is COc1ccc(NC(=O)c2cc(I)ccc2Cl)cc1OC. The van der Waals surface area contributed by atoms with E-state index in [-0.39, 0.29) is 5.91 Å². The minimum Gasteiger partial charge on any atom is -0.493 e. The summed E-state index contributed by atoms with van der Waals surface area (Å²) in [6, 6.07) is 10.4. The molecule has 0 fully saturated rings. The fraction of sp³-hybridized carbons (Fsp3) is 0.133. The van der Waals surface area contributed by atoms with Crippen LogP contribution in [0.4, 0.5) is 5.69 Å². The summed E-state index contributed by atoms with van der Waals surface area (Å²) >= 11 is 8.19. The first-order valence-electron chi connectivity index (χ1n) is 6.03. The van der Waals surface area contributed by atoms with Crippen LogP contribution in [0.2, 0.25) is 5.02 Å². The maximum atomic E-state index is 12.3. The number of anilines is 1. The first-order valence-corrected chi connectivity index (χ1v) is 7.49. The van der Waals surface area contributed by atoms with E-state index in [1.165, 1.54) is 0 Å². The molecule has 0 spiro atoms. The van der Waals surface area contributed by atoms with E-state index in [1.807, 2.05) is 6.07 Å². The Labute approximate surface area is 141 Å². The highest BCUT2D eigenvalue weighted by molar-refractivity contribution is 14.1. The summed E-state index contributed by atoms with van der Waals surface area (Å²) in [5.74, 6) is 0.873. The molecule has 21 heavy (non-hydrogen) atoms. The van der Waals surface area contributed by atoms with E-state index in [0.29, 0.717) is 27.8 Å². The van der Waals surface area contributed by atoms with Crippen LogP contribution in [0.5, 0.6) is 11.5 Å². The van der Waals surface area contributed by atoms with E-state index in [1.54, 1.807) is 44.6 Å². The zero-order chi connectivity index (χ0) is 15.4. The lowest BCUT2D eigenvalue weighted by Gasteiger charge is -2.11. The Morgan fingerprint density at radius 3 is 2.48 bits per heavy atom. The molecule has 6 heteroatoms. The van der Waals surface area contributed by atoms with Crippen LogP contribution in [-0.4, -0.2) is 20.1 Å². The Balaban J connectivity index is 2.25. The molecule has 4 nitrogen and oxygen atoms in total. The van der Waals surface area contributed by atoms with Gasteiger partial charge in [0.25, 0.3) is 5.91 Å². The molecule has 0 aliphatic carbocycles. The number of nitrogens with one attached hydrogen (secondary N) is 1. The Morgan fingerprint density at radius 2 is 1.81 bits per heavy atom. The third kappa shape index (κ3) is 3.79. The van der Waals surface area contributed by atoms with Gasteiger partial charge in [-0.2, -0.15) is 0 Å². The maximum Gasteiger partial charge on any atom is 0.257 e. The number of ether oxygens (including phenoxy) is 2. The Morgan fingerprint density at radius 1 is 1.10 bits per heavy atom. The van der Waals surface area contributed by atoms with Gasteiger partial charge in [0.15, 0.2) is 11.5 Å². The molecule has 0 heterocycles. The second-order valence-electron chi connectivity index (χ2n) is 4.15. The first kappa shape index (κ1) is 15.9. The predicted molar refractivity (Wildman–Crippen MR) is 91.7 cm³/mol. The Hall–Kier alpha value is -1.47. The van der Waals surface area contributed by atoms with Crippen molar-refractivity contribution in [3.05, 3.63) is 50.6 Å². The minimum atomic E-state index is -0.272. The number of carbonyl (C=O) groups is 1. The maximum absolute atomic E-state index is 12.3. The van der Waals surface area contributed by atoms with Crippen molar-refractivity contribution in [2.75, 3.05) is 19.5 Å². The average Bonchev–Trinajstić information content (AvgIpc) is 2.49. The number of halogens is 2. The normalized spacial score (nSPS) is 10.1. The highest BCUT2D eigenvalue weighted by Crippen LogP contribution is 2.30. The molecule has 0 atom stereocenters. The lowest BCUT2D eigenvalue weighted by molar-refractivity contribution is 0.102.